The molecule has 0 aliphatic heterocycles. The van der Waals surface area contributed by atoms with E-state index >= 15 is 0 Å². The van der Waals surface area contributed by atoms with Crippen LogP contribution in [0.25, 0.3) is 22.3 Å². The number of hydrogen-bond donors (Lipinski definition) is 0. The van der Waals surface area contributed by atoms with Crippen molar-refractivity contribution in [2.24, 2.45) is 0 Å². The van der Waals surface area contributed by atoms with Crippen LogP contribution in [0.5, 0.6) is 0 Å². The first-order valence-electron chi connectivity index (χ1n) is 6.98. The minimum atomic E-state index is 1.03. The Labute approximate surface area is 229 Å². The average Bonchev–Trinajstić information content (AvgIpc) is 2.56. The minimum Gasteiger partial charge on any atom is -0.0501 e. The van der Waals surface area contributed by atoms with Crippen LogP contribution >= 0.6 is 141 Å². The molecular weight excluding hydrogens is 949 g/mol. The third kappa shape index (κ3) is 4.83. The van der Waals surface area contributed by atoms with Crippen molar-refractivity contribution >= 4 is 141 Å². The van der Waals surface area contributed by atoms with Crippen molar-refractivity contribution in [2.75, 3.05) is 0 Å². The van der Waals surface area contributed by atoms with E-state index < -0.39 is 0 Å². The van der Waals surface area contributed by atoms with Crippen molar-refractivity contribution in [3.63, 3.8) is 0 Å². The Morgan fingerprint density at radius 2 is 0.615 bits per heavy atom. The van der Waals surface area contributed by atoms with Crippen molar-refractivity contribution in [3.05, 3.63) is 70.4 Å². The predicted molar refractivity (Wildman–Crippen MR) is 149 cm³/mol. The number of hydrogen-bond acceptors (Lipinski definition) is 0. The van der Waals surface area contributed by atoms with Crippen LogP contribution in [0.1, 0.15) is 0 Å². The lowest BCUT2D eigenvalue weighted by Gasteiger charge is -2.15. The van der Waals surface area contributed by atoms with E-state index in [0.717, 1.165) is 56.2 Å². The Morgan fingerprint density at radius 1 is 0.385 bits per heavy atom. The molecule has 0 aliphatic carbocycles. The van der Waals surface area contributed by atoms with Crippen LogP contribution in [0.3, 0.4) is 0 Å². The van der Waals surface area contributed by atoms with Crippen LogP contribution < -0.4 is 0 Å². The van der Waals surface area contributed by atoms with Gasteiger partial charge in [0.1, 0.15) is 0 Å². The Bertz CT molecular complexity index is 950. The highest BCUT2D eigenvalue weighted by Gasteiger charge is 2.16. The third-order valence-corrected chi connectivity index (χ3v) is 10.9. The van der Waals surface area contributed by atoms with Gasteiger partial charge in [-0.3, -0.25) is 0 Å². The van der Waals surface area contributed by atoms with Gasteiger partial charge in [0.05, 0.1) is 0 Å². The Kier molecular flexibility index (Phi) is 8.22. The minimum absolute atomic E-state index is 1.03. The fourth-order valence-electron chi connectivity index (χ4n) is 2.42. The highest BCUT2D eigenvalue weighted by atomic mass is 127. The Hall–Kier alpha value is 2.00. The maximum Gasteiger partial charge on any atom is 0.0315 e. The maximum absolute atomic E-state index is 3.76. The molecule has 0 unspecified atom stereocenters. The zero-order valence-corrected chi connectivity index (χ0v) is 26.3. The smallest absolute Gasteiger partial charge is 0.0315 e. The van der Waals surface area contributed by atoms with Gasteiger partial charge in [-0.15, -0.1) is 0 Å². The van der Waals surface area contributed by atoms with Gasteiger partial charge < -0.3 is 0 Å². The highest BCUT2D eigenvalue weighted by Crippen LogP contribution is 2.44. The van der Waals surface area contributed by atoms with Crippen molar-refractivity contribution < 1.29 is 0 Å². The lowest BCUT2D eigenvalue weighted by atomic mass is 10.0. The summed E-state index contributed by atoms with van der Waals surface area (Å²) in [6, 6.07) is 12.8. The second-order valence-electron chi connectivity index (χ2n) is 5.30. The summed E-state index contributed by atoms with van der Waals surface area (Å²) in [6.45, 7) is 0. The molecule has 0 fully saturated rings. The number of rotatable bonds is 2. The van der Waals surface area contributed by atoms with Crippen LogP contribution in [0.4, 0.5) is 0 Å². The van der Waals surface area contributed by atoms with Gasteiger partial charge in [0.15, 0.2) is 0 Å². The normalized spacial score (nSPS) is 11.1. The predicted octanol–water partition coefficient (Wildman–Crippen LogP) is 10.8. The van der Waals surface area contributed by atoms with E-state index in [4.69, 9.17) is 0 Å². The lowest BCUT2D eigenvalue weighted by molar-refractivity contribution is 1.47. The van der Waals surface area contributed by atoms with Crippen molar-refractivity contribution in [1.82, 2.24) is 0 Å². The molecule has 0 saturated heterocycles. The molecule has 0 aromatic heterocycles. The first kappa shape index (κ1) is 22.7. The molecule has 0 atom stereocenters. The van der Waals surface area contributed by atoms with E-state index in [-0.39, 0.29) is 0 Å². The van der Waals surface area contributed by atoms with Crippen LogP contribution in [-0.2, 0) is 0 Å². The molecule has 3 aromatic rings. The molecule has 134 valence electrons. The summed E-state index contributed by atoms with van der Waals surface area (Å²) in [4.78, 5) is 0. The van der Waals surface area contributed by atoms with Crippen LogP contribution in [0, 0.1) is 7.14 Å². The molecule has 3 rings (SSSR count). The van der Waals surface area contributed by atoms with Crippen LogP contribution in [0.2, 0.25) is 0 Å². The van der Waals surface area contributed by atoms with E-state index in [1.165, 1.54) is 0 Å². The zero-order chi connectivity index (χ0) is 19.2. The molecule has 0 heterocycles. The average molecular weight is 955 g/mol. The standard InChI is InChI=1S/C18H6Br6I2/c19-11-1-7(9-3-15(23)17(25)5-13(9)21)12(20)2-8(11)10-4-16(24)18(26)6-14(10)22/h1-6H. The summed E-state index contributed by atoms with van der Waals surface area (Å²) in [6.07, 6.45) is 0. The zero-order valence-electron chi connectivity index (χ0n) is 12.5. The lowest BCUT2D eigenvalue weighted by Crippen LogP contribution is -1.90. The van der Waals surface area contributed by atoms with Gasteiger partial charge in [0, 0.05) is 34.0 Å². The third-order valence-electron chi connectivity index (χ3n) is 3.66. The van der Waals surface area contributed by atoms with E-state index in [9.17, 15) is 0 Å². The SMILES string of the molecule is Brc1cc(-c2cc(Br)c(-c3cc(Br)c(I)cc3Br)cc2Br)c(Br)cc1I. The monoisotopic (exact) mass is 949 g/mol. The van der Waals surface area contributed by atoms with E-state index in [1.54, 1.807) is 0 Å². The topological polar surface area (TPSA) is 0 Å². The van der Waals surface area contributed by atoms with Crippen LogP contribution in [-0.4, -0.2) is 0 Å². The second-order valence-corrected chi connectivity index (χ2v) is 12.8. The summed E-state index contributed by atoms with van der Waals surface area (Å²) in [5, 5.41) is 0. The molecule has 0 aliphatic rings. The molecule has 0 saturated carbocycles. The van der Waals surface area contributed by atoms with Gasteiger partial charge in [0.2, 0.25) is 0 Å². The molecule has 3 aromatic carbocycles. The van der Waals surface area contributed by atoms with Gasteiger partial charge in [-0.1, -0.05) is 63.7 Å². The summed E-state index contributed by atoms with van der Waals surface area (Å²) >= 11 is 26.8. The van der Waals surface area contributed by atoms with Gasteiger partial charge in [0.25, 0.3) is 0 Å². The molecule has 0 spiro atoms. The fourth-order valence-corrected chi connectivity index (χ4v) is 7.12. The molecule has 0 bridgehead atoms. The van der Waals surface area contributed by atoms with Crippen molar-refractivity contribution in [1.29, 1.82) is 0 Å². The molecule has 0 amide bonds. The molecule has 26 heavy (non-hydrogen) atoms. The molecule has 8 heteroatoms. The van der Waals surface area contributed by atoms with Crippen molar-refractivity contribution in [3.8, 4) is 22.3 Å². The highest BCUT2D eigenvalue weighted by molar-refractivity contribution is 14.1. The summed E-state index contributed by atoms with van der Waals surface area (Å²) in [7, 11) is 0. The summed E-state index contributed by atoms with van der Waals surface area (Å²) < 4.78 is 8.67. The van der Waals surface area contributed by atoms with Gasteiger partial charge in [-0.2, -0.15) is 0 Å². The summed E-state index contributed by atoms with van der Waals surface area (Å²) in [5.41, 5.74) is 4.48. The van der Waals surface area contributed by atoms with Crippen LogP contribution in [0.15, 0.2) is 63.2 Å². The second kappa shape index (κ2) is 9.43. The molecule has 0 nitrogen and oxygen atoms in total. The molecular formula is C18H6Br6I2. The van der Waals surface area contributed by atoms with Gasteiger partial charge in [-0.05, 0) is 136 Å². The van der Waals surface area contributed by atoms with Gasteiger partial charge in [-0.25, -0.2) is 0 Å². The summed E-state index contributed by atoms with van der Waals surface area (Å²) in [5.74, 6) is 0. The first-order valence-corrected chi connectivity index (χ1v) is 13.9. The van der Waals surface area contributed by atoms with E-state index in [1.807, 2.05) is 0 Å². The quantitative estimate of drug-likeness (QED) is 0.177. The fraction of sp³-hybridized carbons (Fsp3) is 0. The first-order chi connectivity index (χ1) is 12.2. The largest absolute Gasteiger partial charge is 0.0501 e. The number of halogens is 8. The molecule has 0 radical (unpaired) electrons. The molecule has 0 N–H and O–H groups in total. The van der Waals surface area contributed by atoms with Gasteiger partial charge >= 0.3 is 0 Å². The maximum atomic E-state index is 3.76. The van der Waals surface area contributed by atoms with E-state index in [0.29, 0.717) is 0 Å². The van der Waals surface area contributed by atoms with E-state index in [2.05, 4.69) is 177 Å². The van der Waals surface area contributed by atoms with Crippen molar-refractivity contribution in [2.45, 2.75) is 0 Å². The number of benzene rings is 3. The Balaban J connectivity index is 2.19. The Morgan fingerprint density at radius 3 is 0.923 bits per heavy atom.